The van der Waals surface area contributed by atoms with Crippen LogP contribution in [0, 0.1) is 0 Å². The topological polar surface area (TPSA) is 41.1 Å². The lowest BCUT2D eigenvalue weighted by Crippen LogP contribution is -2.40. The second kappa shape index (κ2) is 7.29. The van der Waals surface area contributed by atoms with E-state index in [-0.39, 0.29) is 17.5 Å². The fourth-order valence-electron chi connectivity index (χ4n) is 1.92. The first kappa shape index (κ1) is 15.7. The molecule has 0 bridgehead atoms. The number of nitrogens with one attached hydrogen (secondary N) is 2. The first-order valence-electron chi connectivity index (χ1n) is 6.95. The maximum Gasteiger partial charge on any atom is 0.221 e. The van der Waals surface area contributed by atoms with Crippen LogP contribution in [0.25, 0.3) is 0 Å². The lowest BCUT2D eigenvalue weighted by Gasteiger charge is -2.20. The molecule has 0 saturated carbocycles. The molecule has 1 rings (SSSR count). The van der Waals surface area contributed by atoms with E-state index in [9.17, 15) is 4.79 Å². The highest BCUT2D eigenvalue weighted by Crippen LogP contribution is 2.03. The maximum absolute atomic E-state index is 11.8. The van der Waals surface area contributed by atoms with Crippen molar-refractivity contribution in [3.63, 3.8) is 0 Å². The number of hydrogen-bond donors (Lipinski definition) is 2. The summed E-state index contributed by atoms with van der Waals surface area (Å²) in [5, 5.41) is 6.35. The van der Waals surface area contributed by atoms with Gasteiger partial charge in [-0.05, 0) is 39.7 Å². The highest BCUT2D eigenvalue weighted by atomic mass is 16.1. The van der Waals surface area contributed by atoms with Crippen molar-refractivity contribution in [2.45, 2.75) is 52.1 Å². The molecular weight excluding hydrogens is 236 g/mol. The summed E-state index contributed by atoms with van der Waals surface area (Å²) in [6.07, 6.45) is 1.40. The van der Waals surface area contributed by atoms with Crippen molar-refractivity contribution >= 4 is 5.91 Å². The third-order valence-electron chi connectivity index (χ3n) is 2.80. The highest BCUT2D eigenvalue weighted by Gasteiger charge is 2.11. The molecule has 0 saturated heterocycles. The van der Waals surface area contributed by atoms with Crippen LogP contribution >= 0.6 is 0 Å². The second-order valence-corrected chi connectivity index (χ2v) is 6.09. The van der Waals surface area contributed by atoms with Crippen LogP contribution < -0.4 is 10.6 Å². The van der Waals surface area contributed by atoms with Gasteiger partial charge in [0.1, 0.15) is 0 Å². The summed E-state index contributed by atoms with van der Waals surface area (Å²) in [6, 6.07) is 10.4. The Hall–Kier alpha value is -1.35. The molecule has 0 radical (unpaired) electrons. The zero-order chi connectivity index (χ0) is 14.3. The Balaban J connectivity index is 2.25. The third kappa shape index (κ3) is 7.62. The summed E-state index contributed by atoms with van der Waals surface area (Å²) in [6.45, 7) is 9.06. The number of amides is 1. The Kier molecular flexibility index (Phi) is 6.03. The van der Waals surface area contributed by atoms with Crippen molar-refractivity contribution in [1.29, 1.82) is 0 Å². The predicted octanol–water partition coefficient (Wildman–Crippen LogP) is 2.51. The van der Waals surface area contributed by atoms with Crippen molar-refractivity contribution < 1.29 is 4.79 Å². The molecule has 0 aliphatic rings. The molecule has 0 heterocycles. The molecule has 0 aromatic heterocycles. The summed E-state index contributed by atoms with van der Waals surface area (Å²) in [7, 11) is 0. The van der Waals surface area contributed by atoms with Crippen LogP contribution in [0.2, 0.25) is 0 Å². The van der Waals surface area contributed by atoms with Crippen molar-refractivity contribution in [2.24, 2.45) is 0 Å². The van der Waals surface area contributed by atoms with E-state index in [1.807, 2.05) is 25.1 Å². The van der Waals surface area contributed by atoms with Crippen LogP contribution in [0.1, 0.15) is 39.7 Å². The minimum absolute atomic E-state index is 0.0654. The van der Waals surface area contributed by atoms with Gasteiger partial charge in [0.15, 0.2) is 0 Å². The summed E-state index contributed by atoms with van der Waals surface area (Å²) < 4.78 is 0. The van der Waals surface area contributed by atoms with Crippen LogP contribution in [0.4, 0.5) is 0 Å². The first-order chi connectivity index (χ1) is 8.87. The summed E-state index contributed by atoms with van der Waals surface area (Å²) in [4.78, 5) is 11.8. The molecule has 1 amide bonds. The van der Waals surface area contributed by atoms with Crippen LogP contribution in [0.5, 0.6) is 0 Å². The van der Waals surface area contributed by atoms with Crippen LogP contribution in [-0.4, -0.2) is 24.0 Å². The standard InChI is InChI=1S/C16H26N2O/c1-13(12-14-8-6-5-7-9-14)18-15(19)10-11-17-16(2,3)4/h5-9,13,17H,10-12H2,1-4H3,(H,18,19). The molecule has 1 atom stereocenters. The van der Waals surface area contributed by atoms with E-state index in [1.165, 1.54) is 5.56 Å². The van der Waals surface area contributed by atoms with Crippen molar-refractivity contribution in [2.75, 3.05) is 6.54 Å². The van der Waals surface area contributed by atoms with Gasteiger partial charge in [-0.15, -0.1) is 0 Å². The van der Waals surface area contributed by atoms with E-state index < -0.39 is 0 Å². The zero-order valence-corrected chi connectivity index (χ0v) is 12.5. The molecule has 3 nitrogen and oxygen atoms in total. The van der Waals surface area contributed by atoms with Crippen molar-refractivity contribution in [1.82, 2.24) is 10.6 Å². The number of rotatable bonds is 6. The van der Waals surface area contributed by atoms with Gasteiger partial charge in [-0.3, -0.25) is 4.79 Å². The molecule has 0 aliphatic carbocycles. The minimum atomic E-state index is 0.0654. The van der Waals surface area contributed by atoms with Gasteiger partial charge in [0.2, 0.25) is 5.91 Å². The Bertz CT molecular complexity index is 381. The van der Waals surface area contributed by atoms with Gasteiger partial charge in [-0.2, -0.15) is 0 Å². The number of benzene rings is 1. The first-order valence-corrected chi connectivity index (χ1v) is 6.95. The van der Waals surface area contributed by atoms with E-state index in [4.69, 9.17) is 0 Å². The normalized spacial score (nSPS) is 13.1. The molecule has 1 aromatic rings. The van der Waals surface area contributed by atoms with Gasteiger partial charge < -0.3 is 10.6 Å². The number of carbonyl (C=O) groups excluding carboxylic acids is 1. The van der Waals surface area contributed by atoms with E-state index in [0.717, 1.165) is 6.42 Å². The molecule has 0 aliphatic heterocycles. The van der Waals surface area contributed by atoms with Crippen LogP contribution in [0.3, 0.4) is 0 Å². The Morgan fingerprint density at radius 2 is 1.84 bits per heavy atom. The van der Waals surface area contributed by atoms with Crippen molar-refractivity contribution in [3.05, 3.63) is 35.9 Å². The molecule has 0 fully saturated rings. The Morgan fingerprint density at radius 3 is 2.42 bits per heavy atom. The van der Waals surface area contributed by atoms with Crippen molar-refractivity contribution in [3.8, 4) is 0 Å². The minimum Gasteiger partial charge on any atom is -0.353 e. The average molecular weight is 262 g/mol. The van der Waals surface area contributed by atoms with Gasteiger partial charge in [0.25, 0.3) is 0 Å². The summed E-state index contributed by atoms with van der Waals surface area (Å²) in [5.41, 5.74) is 1.32. The molecule has 19 heavy (non-hydrogen) atoms. The summed E-state index contributed by atoms with van der Waals surface area (Å²) >= 11 is 0. The quantitative estimate of drug-likeness (QED) is 0.827. The molecule has 106 valence electrons. The zero-order valence-electron chi connectivity index (χ0n) is 12.5. The van der Waals surface area contributed by atoms with Crippen LogP contribution in [-0.2, 0) is 11.2 Å². The lowest BCUT2D eigenvalue weighted by molar-refractivity contribution is -0.121. The Labute approximate surface area is 116 Å². The van der Waals surface area contributed by atoms with Gasteiger partial charge in [0.05, 0.1) is 0 Å². The monoisotopic (exact) mass is 262 g/mol. The fourth-order valence-corrected chi connectivity index (χ4v) is 1.92. The predicted molar refractivity (Wildman–Crippen MR) is 80.1 cm³/mol. The molecule has 0 spiro atoms. The SMILES string of the molecule is CC(Cc1ccccc1)NC(=O)CCNC(C)(C)C. The maximum atomic E-state index is 11.8. The molecule has 1 aromatic carbocycles. The van der Waals surface area contributed by atoms with Crippen LogP contribution in [0.15, 0.2) is 30.3 Å². The molecule has 2 N–H and O–H groups in total. The summed E-state index contributed by atoms with van der Waals surface area (Å²) in [5.74, 6) is 0.111. The van der Waals surface area contributed by atoms with Gasteiger partial charge in [-0.25, -0.2) is 0 Å². The van der Waals surface area contributed by atoms with Gasteiger partial charge in [-0.1, -0.05) is 30.3 Å². The molecule has 1 unspecified atom stereocenters. The van der Waals surface area contributed by atoms with E-state index in [2.05, 4.69) is 43.5 Å². The molecule has 3 heteroatoms. The van der Waals surface area contributed by atoms with Gasteiger partial charge >= 0.3 is 0 Å². The second-order valence-electron chi connectivity index (χ2n) is 6.09. The lowest BCUT2D eigenvalue weighted by atomic mass is 10.1. The molecular formula is C16H26N2O. The smallest absolute Gasteiger partial charge is 0.221 e. The average Bonchev–Trinajstić information content (AvgIpc) is 2.28. The third-order valence-corrected chi connectivity index (χ3v) is 2.80. The van der Waals surface area contributed by atoms with E-state index in [0.29, 0.717) is 13.0 Å². The number of hydrogen-bond acceptors (Lipinski definition) is 2. The largest absolute Gasteiger partial charge is 0.353 e. The Morgan fingerprint density at radius 1 is 1.21 bits per heavy atom. The van der Waals surface area contributed by atoms with E-state index >= 15 is 0 Å². The highest BCUT2D eigenvalue weighted by molar-refractivity contribution is 5.76. The van der Waals surface area contributed by atoms with Gasteiger partial charge in [0, 0.05) is 24.5 Å². The van der Waals surface area contributed by atoms with E-state index in [1.54, 1.807) is 0 Å². The fraction of sp³-hybridized carbons (Fsp3) is 0.562. The number of carbonyl (C=O) groups is 1.